The van der Waals surface area contributed by atoms with Gasteiger partial charge in [0.15, 0.2) is 0 Å². The van der Waals surface area contributed by atoms with E-state index in [0.29, 0.717) is 0 Å². The minimum Gasteiger partial charge on any atom is -0.445 e. The normalized spacial score (nSPS) is 18.0. The Balaban J connectivity index is 2.28. The lowest BCUT2D eigenvalue weighted by Crippen LogP contribution is -2.12. The van der Waals surface area contributed by atoms with Gasteiger partial charge >= 0.3 is 6.09 Å². The number of hydrogen-bond acceptors (Lipinski definition) is 4. The smallest absolute Gasteiger partial charge is 0.435 e. The first kappa shape index (κ1) is 9.92. The summed E-state index contributed by atoms with van der Waals surface area (Å²) >= 11 is 3.16. The summed E-state index contributed by atoms with van der Waals surface area (Å²) in [4.78, 5) is 14.7. The topological polar surface area (TPSA) is 38.7 Å². The highest BCUT2D eigenvalue weighted by Crippen LogP contribution is 2.32. The van der Waals surface area contributed by atoms with Crippen LogP contribution in [0.4, 0.5) is 4.79 Å². The van der Waals surface area contributed by atoms with Crippen LogP contribution in [0.2, 0.25) is 0 Å². The van der Waals surface area contributed by atoms with Crippen molar-refractivity contribution in [1.29, 1.82) is 0 Å². The molecule has 1 aliphatic rings. The minimum atomic E-state index is -0.459. The fraction of sp³-hybridized carbons (Fsp3) is 0.714. The summed E-state index contributed by atoms with van der Waals surface area (Å²) < 4.78 is 5.78. The lowest BCUT2D eigenvalue weighted by atomic mass is 10.3. The van der Waals surface area contributed by atoms with Gasteiger partial charge < -0.3 is 4.74 Å². The highest BCUT2D eigenvalue weighted by molar-refractivity contribution is 8.52. The van der Waals surface area contributed by atoms with Crippen molar-refractivity contribution in [1.82, 2.24) is 0 Å². The van der Waals surface area contributed by atoms with E-state index in [2.05, 4.69) is 4.99 Å². The van der Waals surface area contributed by atoms with Crippen LogP contribution in [-0.4, -0.2) is 21.7 Å². The van der Waals surface area contributed by atoms with Gasteiger partial charge in [-0.15, -0.1) is 0 Å². The molecule has 1 unspecified atom stereocenters. The van der Waals surface area contributed by atoms with Gasteiger partial charge in [0, 0.05) is 0 Å². The van der Waals surface area contributed by atoms with Gasteiger partial charge in [-0.05, 0) is 13.3 Å². The molecule has 0 radical (unpaired) electrons. The van der Waals surface area contributed by atoms with Gasteiger partial charge in [0.25, 0.3) is 0 Å². The Morgan fingerprint density at radius 3 is 2.83 bits per heavy atom. The summed E-state index contributed by atoms with van der Waals surface area (Å²) in [5, 5.41) is 0.995. The van der Waals surface area contributed by atoms with E-state index in [1.54, 1.807) is 23.5 Å². The van der Waals surface area contributed by atoms with Crippen LogP contribution < -0.4 is 0 Å². The zero-order chi connectivity index (χ0) is 8.97. The molecule has 0 aromatic heterocycles. The molecule has 1 aliphatic heterocycles. The zero-order valence-electron chi connectivity index (χ0n) is 7.07. The fourth-order valence-electron chi connectivity index (χ4n) is 0.533. The molecule has 0 aromatic rings. The number of hydrogen-bond donors (Lipinski definition) is 0. The molecule has 1 amide bonds. The van der Waals surface area contributed by atoms with Crippen molar-refractivity contribution in [3.8, 4) is 0 Å². The predicted octanol–water partition coefficient (Wildman–Crippen LogP) is 2.72. The van der Waals surface area contributed by atoms with Gasteiger partial charge in [-0.3, -0.25) is 0 Å². The molecule has 1 fully saturated rings. The van der Waals surface area contributed by atoms with E-state index in [4.69, 9.17) is 4.74 Å². The predicted molar refractivity (Wildman–Crippen MR) is 53.7 cm³/mol. The highest BCUT2D eigenvalue weighted by Gasteiger charge is 2.15. The number of rotatable bonds is 2. The van der Waals surface area contributed by atoms with Crippen molar-refractivity contribution < 1.29 is 9.53 Å². The lowest BCUT2D eigenvalue weighted by Gasteiger charge is -2.13. The summed E-state index contributed by atoms with van der Waals surface area (Å²) in [6.45, 7) is 3.83. The third-order valence-electron chi connectivity index (χ3n) is 1.42. The van der Waals surface area contributed by atoms with E-state index in [0.717, 1.165) is 15.9 Å². The molecular formula is C7H11NO2S2. The van der Waals surface area contributed by atoms with Crippen LogP contribution in [0.5, 0.6) is 0 Å². The van der Waals surface area contributed by atoms with E-state index in [1.807, 2.05) is 13.8 Å². The molecule has 0 bridgehead atoms. The van der Waals surface area contributed by atoms with Crippen LogP contribution >= 0.6 is 23.5 Å². The van der Waals surface area contributed by atoms with Gasteiger partial charge in [0.2, 0.25) is 0 Å². The molecule has 0 aliphatic carbocycles. The molecule has 5 heteroatoms. The van der Waals surface area contributed by atoms with Crippen molar-refractivity contribution >= 4 is 34.0 Å². The van der Waals surface area contributed by atoms with Crippen molar-refractivity contribution in [2.45, 2.75) is 26.4 Å². The maximum absolute atomic E-state index is 11.0. The molecule has 1 heterocycles. The van der Waals surface area contributed by atoms with E-state index < -0.39 is 6.09 Å². The molecular weight excluding hydrogens is 194 g/mol. The molecule has 0 spiro atoms. The average Bonchev–Trinajstić information content (AvgIpc) is 1.97. The molecule has 0 aromatic carbocycles. The zero-order valence-corrected chi connectivity index (χ0v) is 8.70. The molecule has 1 saturated heterocycles. The van der Waals surface area contributed by atoms with E-state index in [-0.39, 0.29) is 6.10 Å². The number of aliphatic imine (C=N–C) groups is 1. The summed E-state index contributed by atoms with van der Waals surface area (Å²) in [6.07, 6.45) is 0.340. The molecule has 0 saturated carbocycles. The first-order chi connectivity index (χ1) is 5.72. The summed E-state index contributed by atoms with van der Waals surface area (Å²) in [6, 6.07) is 0. The first-order valence-corrected chi connectivity index (χ1v) is 5.74. The Bertz CT molecular complexity index is 200. The van der Waals surface area contributed by atoms with Crippen LogP contribution in [0.1, 0.15) is 20.3 Å². The van der Waals surface area contributed by atoms with Gasteiger partial charge in [-0.25, -0.2) is 4.79 Å². The van der Waals surface area contributed by atoms with E-state index in [1.165, 1.54) is 0 Å². The quantitative estimate of drug-likeness (QED) is 0.694. The molecule has 12 heavy (non-hydrogen) atoms. The Kier molecular flexibility index (Phi) is 3.94. The standard InChI is InChI=1S/C7H11NO2S2/c1-3-5(2)10-6(9)8-7-11-4-12-7/h5H,3-4H2,1-2H3. The third-order valence-corrected chi connectivity index (χ3v) is 3.75. The number of amides is 1. The van der Waals surface area contributed by atoms with Crippen LogP contribution in [0, 0.1) is 0 Å². The van der Waals surface area contributed by atoms with Gasteiger partial charge in [-0.2, -0.15) is 4.99 Å². The average molecular weight is 205 g/mol. The molecule has 0 N–H and O–H groups in total. The number of thioether (sulfide) groups is 2. The molecule has 68 valence electrons. The maximum Gasteiger partial charge on any atom is 0.435 e. The summed E-state index contributed by atoms with van der Waals surface area (Å²) in [7, 11) is 0. The van der Waals surface area contributed by atoms with Crippen molar-refractivity contribution in [2.24, 2.45) is 4.99 Å². The SMILES string of the molecule is CCC(C)OC(=O)N=C1SCS1. The number of carbonyl (C=O) groups excluding carboxylic acids is 1. The Morgan fingerprint density at radius 2 is 2.42 bits per heavy atom. The van der Waals surface area contributed by atoms with Crippen LogP contribution in [0.15, 0.2) is 4.99 Å². The second-order valence-corrected chi connectivity index (χ2v) is 4.94. The van der Waals surface area contributed by atoms with Crippen molar-refractivity contribution in [3.05, 3.63) is 0 Å². The Morgan fingerprint density at radius 1 is 1.75 bits per heavy atom. The minimum absolute atomic E-state index is 0.0306. The van der Waals surface area contributed by atoms with Crippen LogP contribution in [0.3, 0.4) is 0 Å². The van der Waals surface area contributed by atoms with Crippen molar-refractivity contribution in [3.63, 3.8) is 0 Å². The van der Waals surface area contributed by atoms with Crippen molar-refractivity contribution in [2.75, 3.05) is 5.08 Å². The van der Waals surface area contributed by atoms with Gasteiger partial charge in [0.05, 0.1) is 5.08 Å². The second kappa shape index (κ2) is 4.77. The monoisotopic (exact) mass is 205 g/mol. The van der Waals surface area contributed by atoms with Gasteiger partial charge in [0.1, 0.15) is 10.5 Å². The highest BCUT2D eigenvalue weighted by atomic mass is 32.3. The molecule has 3 nitrogen and oxygen atoms in total. The van der Waals surface area contributed by atoms with E-state index in [9.17, 15) is 4.79 Å². The number of nitrogens with zero attached hydrogens (tertiary/aromatic N) is 1. The summed E-state index contributed by atoms with van der Waals surface area (Å²) in [5.74, 6) is 0. The lowest BCUT2D eigenvalue weighted by molar-refractivity contribution is 0.115. The first-order valence-electron chi connectivity index (χ1n) is 3.77. The second-order valence-electron chi connectivity index (χ2n) is 2.39. The van der Waals surface area contributed by atoms with Gasteiger partial charge in [-0.1, -0.05) is 30.4 Å². The largest absolute Gasteiger partial charge is 0.445 e. The fourth-order valence-corrected chi connectivity index (χ4v) is 1.70. The van der Waals surface area contributed by atoms with E-state index >= 15 is 0 Å². The van der Waals surface area contributed by atoms with Crippen LogP contribution in [0.25, 0.3) is 0 Å². The molecule has 1 rings (SSSR count). The van der Waals surface area contributed by atoms with Crippen LogP contribution in [-0.2, 0) is 4.74 Å². The Labute approximate surface area is 80.3 Å². The number of ether oxygens (including phenoxy) is 1. The maximum atomic E-state index is 11.0. The number of carbonyl (C=O) groups is 1. The molecule has 1 atom stereocenters. The summed E-state index contributed by atoms with van der Waals surface area (Å²) in [5.41, 5.74) is 0. The third kappa shape index (κ3) is 3.06. The Hall–Kier alpha value is -0.160.